The molecule has 1 saturated heterocycles. The number of nitrogens with one attached hydrogen (secondary N) is 2. The summed E-state index contributed by atoms with van der Waals surface area (Å²) in [5, 5.41) is 13.0. The topological polar surface area (TPSA) is 100 Å². The fraction of sp³-hybridized carbons (Fsp3) is 0.500. The van der Waals surface area contributed by atoms with Gasteiger partial charge in [-0.05, 0) is 82.0 Å². The highest BCUT2D eigenvalue weighted by Crippen LogP contribution is 2.50. The molecule has 220 valence electrons. The number of amides is 2. The fourth-order valence-electron chi connectivity index (χ4n) is 5.74. The minimum Gasteiger partial charge on any atom is -0.493 e. The van der Waals surface area contributed by atoms with Gasteiger partial charge in [0.05, 0.1) is 14.2 Å². The van der Waals surface area contributed by atoms with Gasteiger partial charge in [-0.3, -0.25) is 4.90 Å². The zero-order chi connectivity index (χ0) is 29.7. The first-order valence-corrected chi connectivity index (χ1v) is 12.9. The Morgan fingerprint density at radius 1 is 1.07 bits per heavy atom. The molecule has 3 atom stereocenters. The second-order valence-corrected chi connectivity index (χ2v) is 10.2. The van der Waals surface area contributed by atoms with E-state index in [1.54, 1.807) is 26.4 Å². The molecule has 1 aliphatic carbocycles. The third-order valence-electron chi connectivity index (χ3n) is 7.58. The summed E-state index contributed by atoms with van der Waals surface area (Å²) in [5.74, 6) is -1.64. The van der Waals surface area contributed by atoms with Crippen LogP contribution in [0.1, 0.15) is 45.1 Å². The first kappa shape index (κ1) is 31.0. The monoisotopic (exact) mass is 569 g/mol. The lowest BCUT2D eigenvalue weighted by Gasteiger charge is -2.46. The van der Waals surface area contributed by atoms with Gasteiger partial charge in [0, 0.05) is 29.2 Å². The van der Waals surface area contributed by atoms with Crippen molar-refractivity contribution in [2.45, 2.75) is 69.2 Å². The summed E-state index contributed by atoms with van der Waals surface area (Å²) in [4.78, 5) is 24.1. The lowest BCUT2D eigenvalue weighted by atomic mass is 9.65. The number of hydrogen-bond acceptors (Lipinski definition) is 5. The number of fused-ring (bicyclic) bond motifs is 1. The number of urea groups is 1. The molecule has 3 N–H and O–H groups in total. The molecule has 2 amide bonds. The summed E-state index contributed by atoms with van der Waals surface area (Å²) < 4.78 is 56.2. The van der Waals surface area contributed by atoms with E-state index < -0.39 is 12.1 Å². The molecule has 3 unspecified atom stereocenters. The van der Waals surface area contributed by atoms with Crippen LogP contribution < -0.4 is 20.1 Å². The molecular formula is C28H35F4N3O5. The van der Waals surface area contributed by atoms with Gasteiger partial charge in [0.1, 0.15) is 5.82 Å². The van der Waals surface area contributed by atoms with Crippen LogP contribution in [0.15, 0.2) is 42.5 Å². The number of carboxylic acids is 1. The Bertz CT molecular complexity index is 1190. The maximum atomic E-state index is 13.5. The predicted octanol–water partition coefficient (Wildman–Crippen LogP) is 5.57. The van der Waals surface area contributed by atoms with Gasteiger partial charge in [-0.25, -0.2) is 14.0 Å². The summed E-state index contributed by atoms with van der Waals surface area (Å²) in [7, 11) is 3.32. The molecule has 2 aromatic carbocycles. The quantitative estimate of drug-likeness (QED) is 0.394. The molecule has 8 nitrogen and oxygen atoms in total. The molecule has 1 aliphatic heterocycles. The lowest BCUT2D eigenvalue weighted by molar-refractivity contribution is -0.192. The Labute approximate surface area is 230 Å². The number of anilines is 1. The van der Waals surface area contributed by atoms with Gasteiger partial charge in [-0.2, -0.15) is 13.2 Å². The highest BCUT2D eigenvalue weighted by molar-refractivity contribution is 5.89. The third kappa shape index (κ3) is 7.15. The van der Waals surface area contributed by atoms with Gasteiger partial charge >= 0.3 is 18.2 Å². The van der Waals surface area contributed by atoms with Crippen molar-refractivity contribution in [3.8, 4) is 11.5 Å². The third-order valence-corrected chi connectivity index (χ3v) is 7.58. The summed E-state index contributed by atoms with van der Waals surface area (Å²) >= 11 is 0. The van der Waals surface area contributed by atoms with Crippen molar-refractivity contribution >= 4 is 17.7 Å². The van der Waals surface area contributed by atoms with Crippen molar-refractivity contribution < 1.29 is 41.7 Å². The minimum absolute atomic E-state index is 0.0149. The van der Waals surface area contributed by atoms with Crippen molar-refractivity contribution in [1.82, 2.24) is 10.2 Å². The molecule has 40 heavy (non-hydrogen) atoms. The zero-order valence-electron chi connectivity index (χ0n) is 22.8. The molecule has 1 heterocycles. The van der Waals surface area contributed by atoms with E-state index in [0.717, 1.165) is 43.7 Å². The Morgan fingerprint density at radius 3 is 2.33 bits per heavy atom. The van der Waals surface area contributed by atoms with Crippen LogP contribution in [-0.4, -0.2) is 67.1 Å². The maximum absolute atomic E-state index is 13.5. The molecule has 2 aliphatic rings. The molecule has 0 aromatic heterocycles. The number of aliphatic carboxylic acids is 1. The number of methoxy groups -OCH3 is 2. The largest absolute Gasteiger partial charge is 0.493 e. The van der Waals surface area contributed by atoms with Crippen LogP contribution in [0.5, 0.6) is 11.5 Å². The summed E-state index contributed by atoms with van der Waals surface area (Å²) in [6, 6.07) is 12.7. The fourth-order valence-corrected chi connectivity index (χ4v) is 5.74. The second kappa shape index (κ2) is 12.8. The number of halogens is 4. The van der Waals surface area contributed by atoms with Crippen LogP contribution in [0, 0.1) is 5.82 Å². The van der Waals surface area contributed by atoms with E-state index in [1.807, 2.05) is 6.07 Å². The van der Waals surface area contributed by atoms with Gasteiger partial charge in [-0.15, -0.1) is 0 Å². The molecular weight excluding hydrogens is 534 g/mol. The Morgan fingerprint density at radius 2 is 1.75 bits per heavy atom. The van der Waals surface area contributed by atoms with Crippen molar-refractivity contribution in [3.63, 3.8) is 0 Å². The van der Waals surface area contributed by atoms with E-state index in [0.29, 0.717) is 17.8 Å². The van der Waals surface area contributed by atoms with Crippen LogP contribution in [-0.2, 0) is 10.2 Å². The van der Waals surface area contributed by atoms with Crippen LogP contribution in [0.25, 0.3) is 0 Å². The number of carbonyl (C=O) groups is 2. The first-order chi connectivity index (χ1) is 18.8. The average Bonchev–Trinajstić information content (AvgIpc) is 3.28. The van der Waals surface area contributed by atoms with Gasteiger partial charge in [-0.1, -0.05) is 12.1 Å². The highest BCUT2D eigenvalue weighted by Gasteiger charge is 2.52. The highest BCUT2D eigenvalue weighted by atomic mass is 19.4. The average molecular weight is 570 g/mol. The Hall–Kier alpha value is -3.54. The number of hydrogen-bond donors (Lipinski definition) is 3. The maximum Gasteiger partial charge on any atom is 0.490 e. The number of carboxylic acid groups (broad SMARTS) is 1. The molecule has 12 heteroatoms. The Kier molecular flexibility index (Phi) is 9.88. The molecule has 2 aromatic rings. The Balaban J connectivity index is 0.000000559. The number of rotatable bonds is 6. The standard InChI is InChI=1S/C26H34FN3O3.C2HF3O2/c1-17(2)30-13-12-26(18-8-9-22(32-3)23(14-18)33-4)11-10-21(16-24(26)30)29-25(31)28-20-7-5-6-19(27)15-20;3-2(4,5)1(6)7/h5-9,14-15,17,21,24H,10-13,16H2,1-4H3,(H2,28,29,31);(H,6,7). The van der Waals surface area contributed by atoms with Crippen LogP contribution in [0.4, 0.5) is 28.0 Å². The number of alkyl halides is 3. The second-order valence-electron chi connectivity index (χ2n) is 10.2. The normalized spacial score (nSPS) is 22.5. The minimum atomic E-state index is -5.08. The van der Waals surface area contributed by atoms with E-state index in [-0.39, 0.29) is 23.3 Å². The van der Waals surface area contributed by atoms with Crippen LogP contribution in [0.2, 0.25) is 0 Å². The molecule has 0 spiro atoms. The van der Waals surface area contributed by atoms with Crippen molar-refractivity contribution in [2.24, 2.45) is 0 Å². The van der Waals surface area contributed by atoms with Crippen molar-refractivity contribution in [1.29, 1.82) is 0 Å². The zero-order valence-corrected chi connectivity index (χ0v) is 22.8. The summed E-state index contributed by atoms with van der Waals surface area (Å²) in [6.45, 7) is 5.50. The number of carbonyl (C=O) groups excluding carboxylic acids is 1. The predicted molar refractivity (Wildman–Crippen MR) is 141 cm³/mol. The SMILES string of the molecule is COc1ccc(C23CCC(NC(=O)Nc4cccc(F)c4)CC2N(C(C)C)CC3)cc1OC.O=C(O)C(F)(F)F. The summed E-state index contributed by atoms with van der Waals surface area (Å²) in [6.07, 6.45) is -1.29. The number of likely N-dealkylation sites (tertiary alicyclic amines) is 1. The van der Waals surface area contributed by atoms with Crippen molar-refractivity contribution in [2.75, 3.05) is 26.1 Å². The first-order valence-electron chi connectivity index (χ1n) is 12.9. The molecule has 0 bridgehead atoms. The smallest absolute Gasteiger partial charge is 0.490 e. The molecule has 1 saturated carbocycles. The van der Waals surface area contributed by atoms with Crippen LogP contribution >= 0.6 is 0 Å². The lowest BCUT2D eigenvalue weighted by Crippen LogP contribution is -2.54. The molecule has 0 radical (unpaired) electrons. The van der Waals surface area contributed by atoms with E-state index in [2.05, 4.69) is 41.5 Å². The molecule has 2 fully saturated rings. The number of ether oxygens (including phenoxy) is 2. The van der Waals surface area contributed by atoms with Gasteiger partial charge < -0.3 is 25.2 Å². The number of nitrogens with zero attached hydrogens (tertiary/aromatic N) is 1. The van der Waals surface area contributed by atoms with E-state index in [1.165, 1.54) is 17.7 Å². The van der Waals surface area contributed by atoms with E-state index in [9.17, 15) is 22.4 Å². The van der Waals surface area contributed by atoms with Gasteiger partial charge in [0.25, 0.3) is 0 Å². The van der Waals surface area contributed by atoms with Gasteiger partial charge in [0.15, 0.2) is 11.5 Å². The van der Waals surface area contributed by atoms with Gasteiger partial charge in [0.2, 0.25) is 0 Å². The van der Waals surface area contributed by atoms with Crippen molar-refractivity contribution in [3.05, 3.63) is 53.8 Å². The molecule has 4 rings (SSSR count). The number of benzene rings is 2. The summed E-state index contributed by atoms with van der Waals surface area (Å²) in [5.41, 5.74) is 1.74. The van der Waals surface area contributed by atoms with Crippen LogP contribution in [0.3, 0.4) is 0 Å². The van der Waals surface area contributed by atoms with E-state index >= 15 is 0 Å². The van der Waals surface area contributed by atoms with E-state index in [4.69, 9.17) is 19.4 Å².